The number of aliphatic hydroxyl groups excluding tert-OH is 1. The summed E-state index contributed by atoms with van der Waals surface area (Å²) < 4.78 is 44.2. The highest BCUT2D eigenvalue weighted by Crippen LogP contribution is 2.39. The lowest BCUT2D eigenvalue weighted by atomic mass is 10.1. The SMILES string of the molecule is NC(=O)c1sc2nc(N3CCC(O)CC3)nc(OCc3ccc(C(F)(F)F)cc3)c2c1N. The molecule has 12 heteroatoms. The summed E-state index contributed by atoms with van der Waals surface area (Å²) in [6, 6.07) is 4.59. The molecule has 3 heterocycles. The Bertz CT molecular complexity index is 1140. The number of amides is 1. The molecule has 170 valence electrons. The number of carbonyl (C=O) groups is 1. The molecule has 0 saturated carbocycles. The minimum absolute atomic E-state index is 0.0659. The molecule has 1 aliphatic rings. The van der Waals surface area contributed by atoms with Crippen molar-refractivity contribution in [3.05, 3.63) is 40.3 Å². The quantitative estimate of drug-likeness (QED) is 0.526. The number of alkyl halides is 3. The van der Waals surface area contributed by atoms with Crippen molar-refractivity contribution in [3.8, 4) is 5.88 Å². The summed E-state index contributed by atoms with van der Waals surface area (Å²) in [5.41, 5.74) is 11.4. The molecule has 1 aromatic carbocycles. The number of carbonyl (C=O) groups excluding carboxylic acids is 1. The van der Waals surface area contributed by atoms with Crippen molar-refractivity contribution in [3.63, 3.8) is 0 Å². The number of nitrogen functional groups attached to an aromatic ring is 1. The van der Waals surface area contributed by atoms with E-state index in [9.17, 15) is 23.1 Å². The van der Waals surface area contributed by atoms with Crippen molar-refractivity contribution < 1.29 is 27.8 Å². The van der Waals surface area contributed by atoms with E-state index in [4.69, 9.17) is 16.2 Å². The number of thiophene rings is 1. The van der Waals surface area contributed by atoms with Gasteiger partial charge in [0.05, 0.1) is 22.7 Å². The molecule has 32 heavy (non-hydrogen) atoms. The van der Waals surface area contributed by atoms with Crippen LogP contribution in [0.25, 0.3) is 10.2 Å². The molecule has 1 aliphatic heterocycles. The Labute approximate surface area is 184 Å². The van der Waals surface area contributed by atoms with E-state index in [1.807, 2.05) is 4.90 Å². The minimum atomic E-state index is -4.43. The van der Waals surface area contributed by atoms with E-state index < -0.39 is 17.6 Å². The molecule has 1 fully saturated rings. The Morgan fingerprint density at radius 2 is 1.88 bits per heavy atom. The number of nitrogens with zero attached hydrogens (tertiary/aromatic N) is 3. The van der Waals surface area contributed by atoms with Crippen LogP contribution >= 0.6 is 11.3 Å². The smallest absolute Gasteiger partial charge is 0.416 e. The zero-order valence-electron chi connectivity index (χ0n) is 16.7. The van der Waals surface area contributed by atoms with Gasteiger partial charge in [0.2, 0.25) is 11.8 Å². The van der Waals surface area contributed by atoms with E-state index in [-0.39, 0.29) is 29.2 Å². The third-order valence-electron chi connectivity index (χ3n) is 5.17. The first-order valence-corrected chi connectivity index (χ1v) is 10.6. The van der Waals surface area contributed by atoms with E-state index in [0.717, 1.165) is 23.5 Å². The van der Waals surface area contributed by atoms with E-state index in [2.05, 4.69) is 9.97 Å². The van der Waals surface area contributed by atoms with E-state index >= 15 is 0 Å². The first kappa shape index (κ1) is 22.1. The fraction of sp³-hybridized carbons (Fsp3) is 0.350. The molecule has 2 aromatic heterocycles. The summed E-state index contributed by atoms with van der Waals surface area (Å²) in [5.74, 6) is -0.247. The van der Waals surface area contributed by atoms with Crippen molar-refractivity contribution in [2.45, 2.75) is 31.7 Å². The molecule has 1 amide bonds. The predicted octanol–water partition coefficient (Wildman–Crippen LogP) is 2.93. The van der Waals surface area contributed by atoms with Gasteiger partial charge in [-0.2, -0.15) is 18.2 Å². The summed E-state index contributed by atoms with van der Waals surface area (Å²) in [7, 11) is 0. The average molecular weight is 467 g/mol. The summed E-state index contributed by atoms with van der Waals surface area (Å²) in [6.07, 6.45) is -3.69. The number of fused-ring (bicyclic) bond motifs is 1. The number of aliphatic hydroxyl groups is 1. The number of nitrogens with two attached hydrogens (primary N) is 2. The van der Waals surface area contributed by atoms with Crippen LogP contribution in [0.15, 0.2) is 24.3 Å². The number of ether oxygens (including phenoxy) is 1. The molecule has 0 radical (unpaired) electrons. The monoisotopic (exact) mass is 467 g/mol. The van der Waals surface area contributed by atoms with Gasteiger partial charge in [0.1, 0.15) is 16.3 Å². The van der Waals surface area contributed by atoms with Crippen LogP contribution in [-0.2, 0) is 12.8 Å². The van der Waals surface area contributed by atoms with Crippen molar-refractivity contribution in [1.29, 1.82) is 0 Å². The van der Waals surface area contributed by atoms with Gasteiger partial charge in [0, 0.05) is 13.1 Å². The van der Waals surface area contributed by atoms with E-state index in [1.165, 1.54) is 12.1 Å². The zero-order chi connectivity index (χ0) is 23.0. The van der Waals surface area contributed by atoms with Crippen LogP contribution in [-0.4, -0.2) is 40.2 Å². The second-order valence-electron chi connectivity index (χ2n) is 7.42. The number of hydrogen-bond acceptors (Lipinski definition) is 8. The molecule has 0 unspecified atom stereocenters. The molecule has 0 bridgehead atoms. The lowest BCUT2D eigenvalue weighted by Crippen LogP contribution is -2.36. The molecule has 5 N–H and O–H groups in total. The normalized spacial score (nSPS) is 15.3. The topological polar surface area (TPSA) is 128 Å². The summed E-state index contributed by atoms with van der Waals surface area (Å²) >= 11 is 1.02. The Hall–Kier alpha value is -3.12. The largest absolute Gasteiger partial charge is 0.472 e. The molecule has 3 aromatic rings. The Morgan fingerprint density at radius 1 is 1.22 bits per heavy atom. The molecular weight excluding hydrogens is 447 g/mol. The standard InChI is InChI=1S/C20H20F3N5O3S/c21-20(22,23)11-3-1-10(2-4-11)9-31-17-13-14(24)15(16(25)30)32-18(13)27-19(26-17)28-7-5-12(29)6-8-28/h1-4,12,29H,5-9,24H2,(H2,25,30). The highest BCUT2D eigenvalue weighted by atomic mass is 32.1. The van der Waals surface area contributed by atoms with E-state index in [1.54, 1.807) is 0 Å². The number of anilines is 2. The molecule has 8 nitrogen and oxygen atoms in total. The third-order valence-corrected chi connectivity index (χ3v) is 6.29. The second-order valence-corrected chi connectivity index (χ2v) is 8.42. The number of aromatic nitrogens is 2. The maximum atomic E-state index is 12.8. The summed E-state index contributed by atoms with van der Waals surface area (Å²) in [5, 5.41) is 10.1. The van der Waals surface area contributed by atoms with Crippen LogP contribution in [0.3, 0.4) is 0 Å². The first-order chi connectivity index (χ1) is 15.1. The first-order valence-electron chi connectivity index (χ1n) is 9.75. The Kier molecular flexibility index (Phi) is 5.82. The van der Waals surface area contributed by atoms with E-state index in [0.29, 0.717) is 47.7 Å². The maximum Gasteiger partial charge on any atom is 0.416 e. The van der Waals surface area contributed by atoms with Crippen LogP contribution in [0.2, 0.25) is 0 Å². The number of halogens is 3. The second kappa shape index (κ2) is 8.43. The number of piperidine rings is 1. The zero-order valence-corrected chi connectivity index (χ0v) is 17.5. The number of rotatable bonds is 5. The van der Waals surface area contributed by atoms with Crippen LogP contribution in [0, 0.1) is 0 Å². The van der Waals surface area contributed by atoms with Gasteiger partial charge >= 0.3 is 6.18 Å². The fourth-order valence-electron chi connectivity index (χ4n) is 3.42. The Morgan fingerprint density at radius 3 is 2.47 bits per heavy atom. The van der Waals surface area contributed by atoms with Crippen molar-refractivity contribution in [2.75, 3.05) is 23.7 Å². The van der Waals surface area contributed by atoms with Gasteiger partial charge in [0.25, 0.3) is 5.91 Å². The number of hydrogen-bond donors (Lipinski definition) is 3. The average Bonchev–Trinajstić information content (AvgIpc) is 3.09. The molecule has 0 atom stereocenters. The minimum Gasteiger partial charge on any atom is -0.472 e. The van der Waals surface area contributed by atoms with Gasteiger partial charge < -0.3 is 26.2 Å². The fourth-order valence-corrected chi connectivity index (χ4v) is 4.35. The van der Waals surface area contributed by atoms with Gasteiger partial charge in [-0.15, -0.1) is 11.3 Å². The van der Waals surface area contributed by atoms with Crippen LogP contribution < -0.4 is 21.1 Å². The number of benzene rings is 1. The van der Waals surface area contributed by atoms with Crippen molar-refractivity contribution in [2.24, 2.45) is 5.73 Å². The van der Waals surface area contributed by atoms with Gasteiger partial charge in [0.15, 0.2) is 0 Å². The van der Waals surface area contributed by atoms with Gasteiger partial charge in [-0.3, -0.25) is 4.79 Å². The molecule has 1 saturated heterocycles. The summed E-state index contributed by atoms with van der Waals surface area (Å²) in [6.45, 7) is 1.01. The van der Waals surface area contributed by atoms with Gasteiger partial charge in [-0.1, -0.05) is 12.1 Å². The molecular formula is C20H20F3N5O3S. The van der Waals surface area contributed by atoms with Gasteiger partial charge in [-0.25, -0.2) is 4.98 Å². The number of primary amides is 1. The third kappa shape index (κ3) is 4.41. The molecule has 0 aliphatic carbocycles. The maximum absolute atomic E-state index is 12.8. The van der Waals surface area contributed by atoms with Gasteiger partial charge in [-0.05, 0) is 30.5 Å². The van der Waals surface area contributed by atoms with Crippen LogP contribution in [0.1, 0.15) is 33.6 Å². The molecule has 4 rings (SSSR count). The van der Waals surface area contributed by atoms with Crippen LogP contribution in [0.5, 0.6) is 5.88 Å². The highest BCUT2D eigenvalue weighted by molar-refractivity contribution is 7.21. The molecule has 0 spiro atoms. The summed E-state index contributed by atoms with van der Waals surface area (Å²) in [4.78, 5) is 23.1. The van der Waals surface area contributed by atoms with Crippen LogP contribution in [0.4, 0.5) is 24.8 Å². The van der Waals surface area contributed by atoms with Crippen molar-refractivity contribution in [1.82, 2.24) is 9.97 Å². The van der Waals surface area contributed by atoms with Crippen molar-refractivity contribution >= 4 is 39.1 Å². The predicted molar refractivity (Wildman–Crippen MR) is 114 cm³/mol. The highest BCUT2D eigenvalue weighted by Gasteiger charge is 2.30. The lowest BCUT2D eigenvalue weighted by molar-refractivity contribution is -0.137. The lowest BCUT2D eigenvalue weighted by Gasteiger charge is -2.29. The Balaban J connectivity index is 1.67.